The van der Waals surface area contributed by atoms with Crippen molar-refractivity contribution in [3.05, 3.63) is 94.5 Å². The third kappa shape index (κ3) is 6.67. The van der Waals surface area contributed by atoms with E-state index in [0.29, 0.717) is 63.6 Å². The van der Waals surface area contributed by atoms with E-state index < -0.39 is 5.97 Å². The Hall–Kier alpha value is -4.51. The van der Waals surface area contributed by atoms with Gasteiger partial charge in [-0.25, -0.2) is 10.3 Å². The Morgan fingerprint density at radius 2 is 1.66 bits per heavy atom. The first kappa shape index (κ1) is 30.9. The van der Waals surface area contributed by atoms with Gasteiger partial charge < -0.3 is 15.4 Å². The highest BCUT2D eigenvalue weighted by atomic mass is 16.7. The summed E-state index contributed by atoms with van der Waals surface area (Å²) in [7, 11) is 3.48. The zero-order valence-electron chi connectivity index (χ0n) is 25.8. The van der Waals surface area contributed by atoms with Crippen LogP contribution in [0, 0.1) is 6.92 Å². The highest BCUT2D eigenvalue weighted by molar-refractivity contribution is 6.37. The van der Waals surface area contributed by atoms with Crippen LogP contribution in [0.4, 0.5) is 11.4 Å². The van der Waals surface area contributed by atoms with Crippen molar-refractivity contribution in [1.29, 1.82) is 0 Å². The average molecular weight is 598 g/mol. The lowest BCUT2D eigenvalue weighted by Crippen LogP contribution is -2.55. The fourth-order valence-electron chi connectivity index (χ4n) is 5.68. The normalized spacial score (nSPS) is 19.6. The Labute approximate surface area is 258 Å². The van der Waals surface area contributed by atoms with Crippen LogP contribution in [-0.4, -0.2) is 80.1 Å². The van der Waals surface area contributed by atoms with Gasteiger partial charge in [-0.2, -0.15) is 0 Å². The minimum atomic E-state index is -0.466. The Balaban J connectivity index is 1.30. The van der Waals surface area contributed by atoms with Gasteiger partial charge >= 0.3 is 5.97 Å². The van der Waals surface area contributed by atoms with Crippen molar-refractivity contribution in [1.82, 2.24) is 15.3 Å². The van der Waals surface area contributed by atoms with Crippen LogP contribution in [0.15, 0.2) is 66.7 Å². The Morgan fingerprint density at radius 3 is 2.32 bits per heavy atom. The highest BCUT2D eigenvalue weighted by Crippen LogP contribution is 2.39. The van der Waals surface area contributed by atoms with E-state index in [2.05, 4.69) is 46.8 Å². The lowest BCUT2D eigenvalue weighted by atomic mass is 9.96. The first-order valence-corrected chi connectivity index (χ1v) is 14.7. The van der Waals surface area contributed by atoms with Gasteiger partial charge in [0, 0.05) is 48.5 Å². The topological polar surface area (TPSA) is 112 Å². The summed E-state index contributed by atoms with van der Waals surface area (Å²) in [6.45, 7) is 9.31. The first-order valence-electron chi connectivity index (χ1n) is 14.7. The van der Waals surface area contributed by atoms with Gasteiger partial charge in [-0.3, -0.25) is 24.2 Å². The number of piperazine rings is 1. The van der Waals surface area contributed by atoms with Gasteiger partial charge in [0.15, 0.2) is 0 Å². The van der Waals surface area contributed by atoms with Crippen molar-refractivity contribution in [2.24, 2.45) is 0 Å². The Kier molecular flexibility index (Phi) is 9.43. The van der Waals surface area contributed by atoms with Gasteiger partial charge in [0.05, 0.1) is 36.2 Å². The lowest BCUT2D eigenvalue weighted by Gasteiger charge is -2.42. The molecule has 44 heavy (non-hydrogen) atoms. The van der Waals surface area contributed by atoms with Crippen LogP contribution in [0.5, 0.6) is 0 Å². The number of aryl methyl sites for hydroxylation is 1. The van der Waals surface area contributed by atoms with Crippen LogP contribution >= 0.6 is 0 Å². The summed E-state index contributed by atoms with van der Waals surface area (Å²) in [5.74, 6) is -1.09. The molecule has 2 aliphatic rings. The molecule has 1 saturated heterocycles. The Bertz CT molecular complexity index is 1560. The maximum Gasteiger partial charge on any atom is 0.338 e. The van der Waals surface area contributed by atoms with Gasteiger partial charge in [0.25, 0.3) is 11.8 Å². The van der Waals surface area contributed by atoms with Crippen LogP contribution < -0.4 is 16.1 Å². The second-order valence-electron chi connectivity index (χ2n) is 11.4. The molecule has 3 N–H and O–H groups in total. The van der Waals surface area contributed by atoms with E-state index in [4.69, 9.17) is 9.57 Å². The average Bonchev–Trinajstić information content (AvgIpc) is 3.34. The number of hydrogen-bond donors (Lipinski definition) is 3. The largest absolute Gasteiger partial charge is 0.465 e. The van der Waals surface area contributed by atoms with Gasteiger partial charge in [-0.05, 0) is 75.3 Å². The smallest absolute Gasteiger partial charge is 0.338 e. The predicted molar refractivity (Wildman–Crippen MR) is 171 cm³/mol. The van der Waals surface area contributed by atoms with E-state index in [9.17, 15) is 14.4 Å². The molecule has 3 aromatic rings. The van der Waals surface area contributed by atoms with Crippen molar-refractivity contribution < 1.29 is 24.0 Å². The number of amides is 2. The van der Waals surface area contributed by atoms with Crippen LogP contribution in [0.1, 0.15) is 51.3 Å². The predicted octanol–water partition coefficient (Wildman–Crippen LogP) is 4.40. The van der Waals surface area contributed by atoms with Crippen molar-refractivity contribution in [3.8, 4) is 0 Å². The molecule has 0 radical (unpaired) electrons. The van der Waals surface area contributed by atoms with Gasteiger partial charge in [-0.15, -0.1) is 0 Å². The second kappa shape index (κ2) is 13.4. The number of ether oxygens (including phenoxy) is 1. The number of esters is 1. The molecule has 3 aromatic carbocycles. The number of likely N-dealkylation sites (N-methyl/N-ethyl adjacent to an activating group) is 1. The van der Waals surface area contributed by atoms with Crippen molar-refractivity contribution >= 4 is 40.4 Å². The molecule has 0 aromatic heterocycles. The number of nitrogens with one attached hydrogen (secondary N) is 3. The molecule has 10 nitrogen and oxygen atoms in total. The molecule has 0 aliphatic carbocycles. The SMILES string of the molecule is COC(=O)c1cc2c(cc1C)/C(=C(/Nc1ccc(C(=O)NOCCN3C[C@@H](C)N(C)[C@@H](C)C3)cc1)c1ccccc1)C(=O)N2. The fourth-order valence-corrected chi connectivity index (χ4v) is 5.68. The summed E-state index contributed by atoms with van der Waals surface area (Å²) < 4.78 is 4.90. The Morgan fingerprint density at radius 1 is 0.977 bits per heavy atom. The molecule has 0 saturated carbocycles. The number of fused-ring (bicyclic) bond motifs is 1. The summed E-state index contributed by atoms with van der Waals surface area (Å²) >= 11 is 0. The van der Waals surface area contributed by atoms with E-state index in [0.717, 1.165) is 25.2 Å². The van der Waals surface area contributed by atoms with E-state index in [1.807, 2.05) is 43.3 Å². The van der Waals surface area contributed by atoms with Gasteiger partial charge in [0.1, 0.15) is 0 Å². The number of carbonyl (C=O) groups is 3. The molecule has 5 rings (SSSR count). The number of rotatable bonds is 9. The quantitative estimate of drug-likeness (QED) is 0.144. The van der Waals surface area contributed by atoms with E-state index in [-0.39, 0.29) is 11.8 Å². The summed E-state index contributed by atoms with van der Waals surface area (Å²) in [6.07, 6.45) is 0. The van der Waals surface area contributed by atoms with Crippen molar-refractivity contribution in [3.63, 3.8) is 0 Å². The monoisotopic (exact) mass is 597 g/mol. The molecule has 10 heteroatoms. The molecule has 0 spiro atoms. The number of hydroxylamine groups is 1. The number of anilines is 2. The minimum Gasteiger partial charge on any atom is -0.465 e. The zero-order valence-corrected chi connectivity index (χ0v) is 25.8. The zero-order chi connectivity index (χ0) is 31.4. The number of nitrogens with zero attached hydrogens (tertiary/aromatic N) is 2. The summed E-state index contributed by atoms with van der Waals surface area (Å²) in [5, 5.41) is 6.29. The first-order chi connectivity index (χ1) is 21.2. The summed E-state index contributed by atoms with van der Waals surface area (Å²) in [6, 6.07) is 20.9. The number of benzene rings is 3. The van der Waals surface area contributed by atoms with E-state index in [1.54, 1.807) is 30.3 Å². The van der Waals surface area contributed by atoms with Crippen molar-refractivity contribution in [2.75, 3.05) is 51.0 Å². The highest BCUT2D eigenvalue weighted by Gasteiger charge is 2.30. The minimum absolute atomic E-state index is 0.290. The maximum atomic E-state index is 13.3. The summed E-state index contributed by atoms with van der Waals surface area (Å²) in [5.41, 5.74) is 7.84. The number of methoxy groups -OCH3 is 1. The molecular weight excluding hydrogens is 558 g/mol. The molecule has 2 atom stereocenters. The summed E-state index contributed by atoms with van der Waals surface area (Å²) in [4.78, 5) is 48.5. The van der Waals surface area contributed by atoms with Crippen LogP contribution in [0.2, 0.25) is 0 Å². The lowest BCUT2D eigenvalue weighted by molar-refractivity contribution is -0.110. The van der Waals surface area contributed by atoms with Crippen LogP contribution in [-0.2, 0) is 14.4 Å². The maximum absolute atomic E-state index is 13.3. The molecule has 2 amide bonds. The second-order valence-corrected chi connectivity index (χ2v) is 11.4. The fraction of sp³-hybridized carbons (Fsp3) is 0.324. The van der Waals surface area contributed by atoms with Crippen molar-refractivity contribution in [2.45, 2.75) is 32.9 Å². The molecule has 2 heterocycles. The number of carbonyl (C=O) groups excluding carboxylic acids is 3. The van der Waals surface area contributed by atoms with E-state index in [1.165, 1.54) is 7.11 Å². The van der Waals surface area contributed by atoms with Crippen LogP contribution in [0.25, 0.3) is 11.3 Å². The molecule has 1 fully saturated rings. The molecular formula is C34H39N5O5. The molecule has 2 aliphatic heterocycles. The van der Waals surface area contributed by atoms with Crippen LogP contribution in [0.3, 0.4) is 0 Å². The molecule has 0 unspecified atom stereocenters. The third-order valence-electron chi connectivity index (χ3n) is 8.35. The van der Waals surface area contributed by atoms with Gasteiger partial charge in [0.2, 0.25) is 0 Å². The van der Waals surface area contributed by atoms with E-state index >= 15 is 0 Å². The molecule has 230 valence electrons. The standard InChI is InChI=1S/C34H39N5O5/c1-21-17-28-29(18-27(21)34(42)43-5)36-33(41)30(28)31(24-9-7-6-8-10-24)35-26-13-11-25(12-14-26)32(40)37-44-16-15-39-19-22(2)38(4)23(3)20-39/h6-14,17-18,22-23,35H,15-16,19-20H2,1-5H3,(H,36,41)(H,37,40)/b31-30-/t22-,23+. The van der Waals surface area contributed by atoms with Gasteiger partial charge in [-0.1, -0.05) is 30.3 Å². The third-order valence-corrected chi connectivity index (χ3v) is 8.35. The molecule has 0 bridgehead atoms. The number of hydrogen-bond acceptors (Lipinski definition) is 8.